The summed E-state index contributed by atoms with van der Waals surface area (Å²) in [5, 5.41) is 0. The zero-order chi connectivity index (χ0) is 51.4. The molecule has 0 N–H and O–H groups in total. The van der Waals surface area contributed by atoms with Crippen molar-refractivity contribution in [3.8, 4) is 0 Å². The summed E-state index contributed by atoms with van der Waals surface area (Å²) < 4.78 is 16.8. The molecule has 6 nitrogen and oxygen atoms in total. The molecule has 0 aliphatic heterocycles. The van der Waals surface area contributed by atoms with Crippen LogP contribution in [0.5, 0.6) is 0 Å². The van der Waals surface area contributed by atoms with Gasteiger partial charge in [-0.05, 0) is 89.9 Å². The third kappa shape index (κ3) is 57.6. The lowest BCUT2D eigenvalue weighted by atomic mass is 10.0. The fourth-order valence-electron chi connectivity index (χ4n) is 8.64. The number of hydrogen-bond acceptors (Lipinski definition) is 6. The van der Waals surface area contributed by atoms with Gasteiger partial charge in [-0.2, -0.15) is 0 Å². The van der Waals surface area contributed by atoms with Gasteiger partial charge in [0.25, 0.3) is 0 Å². The molecule has 0 fully saturated rings. The number of hydrogen-bond donors (Lipinski definition) is 0. The van der Waals surface area contributed by atoms with Crippen LogP contribution in [0.15, 0.2) is 72.9 Å². The van der Waals surface area contributed by atoms with Gasteiger partial charge in [-0.1, -0.05) is 267 Å². The molecule has 0 bridgehead atoms. The third-order valence-corrected chi connectivity index (χ3v) is 13.2. The Hall–Kier alpha value is -3.15. The van der Waals surface area contributed by atoms with Crippen molar-refractivity contribution in [2.24, 2.45) is 0 Å². The number of unbranched alkanes of at least 4 members (excludes halogenated alkanes) is 32. The van der Waals surface area contributed by atoms with Crippen molar-refractivity contribution in [2.45, 2.75) is 309 Å². The van der Waals surface area contributed by atoms with Gasteiger partial charge in [0.1, 0.15) is 13.2 Å². The van der Waals surface area contributed by atoms with Gasteiger partial charge in [0, 0.05) is 19.3 Å². The predicted molar refractivity (Wildman–Crippen MR) is 307 cm³/mol. The van der Waals surface area contributed by atoms with Gasteiger partial charge < -0.3 is 14.2 Å². The molecular formula is C65H114O6. The highest BCUT2D eigenvalue weighted by atomic mass is 16.6. The predicted octanol–water partition coefficient (Wildman–Crippen LogP) is 20.5. The van der Waals surface area contributed by atoms with E-state index < -0.39 is 6.10 Å². The number of carbonyl (C=O) groups is 3. The summed E-state index contributed by atoms with van der Waals surface area (Å²) in [6, 6.07) is 0. The summed E-state index contributed by atoms with van der Waals surface area (Å²) in [5.41, 5.74) is 0. The number of esters is 3. The maximum Gasteiger partial charge on any atom is 0.306 e. The van der Waals surface area contributed by atoms with Crippen molar-refractivity contribution < 1.29 is 28.6 Å². The van der Waals surface area contributed by atoms with Gasteiger partial charge in [0.2, 0.25) is 0 Å². The van der Waals surface area contributed by atoms with Crippen LogP contribution in [0.3, 0.4) is 0 Å². The van der Waals surface area contributed by atoms with E-state index in [2.05, 4.69) is 93.7 Å². The Morgan fingerprint density at radius 2 is 0.549 bits per heavy atom. The molecule has 0 heterocycles. The average molecular weight is 992 g/mol. The molecule has 0 spiro atoms. The van der Waals surface area contributed by atoms with Crippen molar-refractivity contribution in [1.82, 2.24) is 0 Å². The van der Waals surface area contributed by atoms with E-state index in [9.17, 15) is 14.4 Å². The highest BCUT2D eigenvalue weighted by molar-refractivity contribution is 5.71. The smallest absolute Gasteiger partial charge is 0.306 e. The van der Waals surface area contributed by atoms with Crippen LogP contribution in [0.25, 0.3) is 0 Å². The standard InChI is InChI=1S/C65H114O6/c1-4-7-10-13-16-18-20-22-24-25-26-27-28-29-30-31-32-33-34-35-36-37-38-39-41-42-44-46-49-52-55-58-64(67)70-61-62(60-69-63(66)57-54-51-48-15-12-9-6-3)71-65(68)59-56-53-50-47-45-43-40-23-21-19-17-14-11-8-5-2/h8,11,17,19-20,22-23,25-26,28-29,40,62H,4-7,9-10,12-16,18,21,24,27,30-39,41-61H2,1-3H3/b11-8-,19-17-,22-20-,26-25-,29-28-,40-23-. The third-order valence-electron chi connectivity index (χ3n) is 13.2. The Morgan fingerprint density at radius 3 is 0.859 bits per heavy atom. The molecule has 0 saturated heterocycles. The lowest BCUT2D eigenvalue weighted by molar-refractivity contribution is -0.167. The molecule has 0 aromatic carbocycles. The second-order valence-electron chi connectivity index (χ2n) is 20.2. The topological polar surface area (TPSA) is 78.9 Å². The number of allylic oxidation sites excluding steroid dienone is 12. The minimum Gasteiger partial charge on any atom is -0.462 e. The van der Waals surface area contributed by atoms with Gasteiger partial charge in [0.15, 0.2) is 6.10 Å². The second kappa shape index (κ2) is 59.4. The molecule has 71 heavy (non-hydrogen) atoms. The molecule has 0 aromatic heterocycles. The minimum atomic E-state index is -0.780. The van der Waals surface area contributed by atoms with E-state index in [1.54, 1.807) is 0 Å². The molecular weight excluding hydrogens is 877 g/mol. The maximum atomic E-state index is 12.8. The van der Waals surface area contributed by atoms with Crippen molar-refractivity contribution in [1.29, 1.82) is 0 Å². The van der Waals surface area contributed by atoms with Crippen LogP contribution in [0.4, 0.5) is 0 Å². The van der Waals surface area contributed by atoms with Gasteiger partial charge >= 0.3 is 17.9 Å². The maximum absolute atomic E-state index is 12.8. The van der Waals surface area contributed by atoms with Crippen molar-refractivity contribution in [2.75, 3.05) is 13.2 Å². The van der Waals surface area contributed by atoms with E-state index in [1.165, 1.54) is 154 Å². The highest BCUT2D eigenvalue weighted by Crippen LogP contribution is 2.16. The first-order chi connectivity index (χ1) is 35.0. The van der Waals surface area contributed by atoms with Crippen LogP contribution in [-0.2, 0) is 28.6 Å². The molecule has 6 heteroatoms. The molecule has 0 saturated carbocycles. The largest absolute Gasteiger partial charge is 0.462 e. The van der Waals surface area contributed by atoms with Crippen LogP contribution in [-0.4, -0.2) is 37.2 Å². The van der Waals surface area contributed by atoms with Crippen molar-refractivity contribution >= 4 is 17.9 Å². The molecule has 410 valence electrons. The van der Waals surface area contributed by atoms with Gasteiger partial charge in [-0.15, -0.1) is 0 Å². The summed E-state index contributed by atoms with van der Waals surface area (Å²) in [6.07, 6.45) is 76.5. The van der Waals surface area contributed by atoms with Crippen LogP contribution < -0.4 is 0 Å². The van der Waals surface area contributed by atoms with E-state index in [4.69, 9.17) is 14.2 Å². The molecule has 0 radical (unpaired) electrons. The first kappa shape index (κ1) is 67.8. The molecule has 1 unspecified atom stereocenters. The van der Waals surface area contributed by atoms with Gasteiger partial charge in [-0.3, -0.25) is 14.4 Å². The highest BCUT2D eigenvalue weighted by Gasteiger charge is 2.19. The zero-order valence-corrected chi connectivity index (χ0v) is 47.0. The van der Waals surface area contributed by atoms with E-state index in [1.807, 2.05) is 0 Å². The van der Waals surface area contributed by atoms with E-state index in [-0.39, 0.29) is 31.1 Å². The Labute approximate surface area is 440 Å². The average Bonchev–Trinajstić information content (AvgIpc) is 3.37. The molecule has 0 rings (SSSR count). The SMILES string of the molecule is CC/C=C\C/C=C\C/C=C\CCCCCCCC(=O)OC(COC(=O)CCCCCCCCC)COC(=O)CCCCCCCCCCCCCCCCCC/C=C\C/C=C\C/C=C\CCCCCCC. The molecule has 1 atom stereocenters. The fourth-order valence-corrected chi connectivity index (χ4v) is 8.64. The van der Waals surface area contributed by atoms with Crippen LogP contribution in [0, 0.1) is 0 Å². The monoisotopic (exact) mass is 991 g/mol. The summed E-state index contributed by atoms with van der Waals surface area (Å²) in [6.45, 7) is 6.48. The summed E-state index contributed by atoms with van der Waals surface area (Å²) in [4.78, 5) is 37.9. The van der Waals surface area contributed by atoms with Crippen molar-refractivity contribution in [3.63, 3.8) is 0 Å². The molecule has 0 amide bonds. The van der Waals surface area contributed by atoms with Crippen molar-refractivity contribution in [3.05, 3.63) is 72.9 Å². The fraction of sp³-hybridized carbons (Fsp3) is 0.769. The van der Waals surface area contributed by atoms with Gasteiger partial charge in [0.05, 0.1) is 0 Å². The summed E-state index contributed by atoms with van der Waals surface area (Å²) in [5.74, 6) is -0.895. The first-order valence-electron chi connectivity index (χ1n) is 30.4. The first-order valence-corrected chi connectivity index (χ1v) is 30.4. The van der Waals surface area contributed by atoms with Crippen LogP contribution in [0.1, 0.15) is 303 Å². The number of rotatable bonds is 55. The lowest BCUT2D eigenvalue weighted by Gasteiger charge is -2.18. The van der Waals surface area contributed by atoms with Crippen LogP contribution >= 0.6 is 0 Å². The Bertz CT molecular complexity index is 1320. The lowest BCUT2D eigenvalue weighted by Crippen LogP contribution is -2.30. The summed E-state index contributed by atoms with van der Waals surface area (Å²) in [7, 11) is 0. The minimum absolute atomic E-state index is 0.0800. The number of carbonyl (C=O) groups excluding carboxylic acids is 3. The second-order valence-corrected chi connectivity index (χ2v) is 20.2. The van der Waals surface area contributed by atoms with Crippen LogP contribution in [0.2, 0.25) is 0 Å². The van der Waals surface area contributed by atoms with E-state index in [0.29, 0.717) is 19.3 Å². The molecule has 0 aliphatic carbocycles. The molecule has 0 aromatic rings. The zero-order valence-electron chi connectivity index (χ0n) is 47.0. The molecule has 0 aliphatic rings. The van der Waals surface area contributed by atoms with E-state index in [0.717, 1.165) is 109 Å². The Kier molecular flexibility index (Phi) is 56.8. The Morgan fingerprint density at radius 1 is 0.296 bits per heavy atom. The summed E-state index contributed by atoms with van der Waals surface area (Å²) >= 11 is 0. The van der Waals surface area contributed by atoms with Gasteiger partial charge in [-0.25, -0.2) is 0 Å². The Balaban J connectivity index is 4.04. The quantitative estimate of drug-likeness (QED) is 0.0261. The number of ether oxygens (including phenoxy) is 3. The normalized spacial score (nSPS) is 12.5. The van der Waals surface area contributed by atoms with E-state index >= 15 is 0 Å².